The van der Waals surface area contributed by atoms with Crippen molar-refractivity contribution in [2.24, 2.45) is 23.5 Å². The highest BCUT2D eigenvalue weighted by Gasteiger charge is 2.29. The molecule has 5 nitrogen and oxygen atoms in total. The van der Waals surface area contributed by atoms with Crippen LogP contribution in [0.2, 0.25) is 0 Å². The molecule has 3 heterocycles. The van der Waals surface area contributed by atoms with E-state index in [0.29, 0.717) is 22.0 Å². The molecule has 1 aliphatic heterocycles. The predicted molar refractivity (Wildman–Crippen MR) is 119 cm³/mol. The maximum atomic E-state index is 12.7. The van der Waals surface area contributed by atoms with Gasteiger partial charge in [0.15, 0.2) is 0 Å². The number of nitrogens with two attached hydrogens (primary N) is 1. The third-order valence-corrected chi connectivity index (χ3v) is 7.88. The van der Waals surface area contributed by atoms with Crippen LogP contribution in [0.15, 0.2) is 12.4 Å². The van der Waals surface area contributed by atoms with E-state index in [-0.39, 0.29) is 4.88 Å². The summed E-state index contributed by atoms with van der Waals surface area (Å²) in [6.07, 6.45) is 3.77. The minimum atomic E-state index is -4.21. The fourth-order valence-corrected chi connectivity index (χ4v) is 5.99. The van der Waals surface area contributed by atoms with E-state index in [2.05, 4.69) is 20.2 Å². The van der Waals surface area contributed by atoms with Gasteiger partial charge in [-0.05, 0) is 82.0 Å². The van der Waals surface area contributed by atoms with Crippen molar-refractivity contribution >= 4 is 27.4 Å². The van der Waals surface area contributed by atoms with Crippen LogP contribution < -0.4 is 11.1 Å². The lowest BCUT2D eigenvalue weighted by atomic mass is 9.81. The molecule has 0 spiro atoms. The largest absolute Gasteiger partial charge is 0.393 e. The molecule has 3 N–H and O–H groups in total. The number of aromatic nitrogens is 2. The predicted octanol–water partition coefficient (Wildman–Crippen LogP) is 4.69. The number of rotatable bonds is 7. The van der Waals surface area contributed by atoms with E-state index >= 15 is 0 Å². The summed E-state index contributed by atoms with van der Waals surface area (Å²) in [5, 5.41) is 4.08. The zero-order valence-electron chi connectivity index (χ0n) is 17.8. The first kappa shape index (κ1) is 22.7. The number of likely N-dealkylation sites (tertiary alicyclic amines) is 1. The smallest absolute Gasteiger partial charge is 0.369 e. The van der Waals surface area contributed by atoms with Gasteiger partial charge in [0.25, 0.3) is 0 Å². The van der Waals surface area contributed by atoms with Gasteiger partial charge in [-0.1, -0.05) is 0 Å². The third-order valence-electron chi connectivity index (χ3n) is 6.84. The summed E-state index contributed by atoms with van der Waals surface area (Å²) in [4.78, 5) is 11.9. The average Bonchev–Trinajstić information content (AvgIpc) is 3.15. The third kappa shape index (κ3) is 6.29. The normalized spacial score (nSPS) is 24.0. The Morgan fingerprint density at radius 1 is 1.03 bits per heavy atom. The molecule has 172 valence electrons. The summed E-state index contributed by atoms with van der Waals surface area (Å²) in [5.41, 5.74) is 5.81. The Labute approximate surface area is 185 Å². The summed E-state index contributed by atoms with van der Waals surface area (Å²) in [7, 11) is 0. The lowest BCUT2D eigenvalue weighted by molar-refractivity contribution is -0.126. The molecule has 0 amide bonds. The molecule has 2 aromatic rings. The van der Waals surface area contributed by atoms with Gasteiger partial charge in [0.1, 0.15) is 17.0 Å². The van der Waals surface area contributed by atoms with E-state index < -0.39 is 12.6 Å². The summed E-state index contributed by atoms with van der Waals surface area (Å²) in [6.45, 7) is 5.08. The Bertz CT molecular complexity index is 839. The van der Waals surface area contributed by atoms with E-state index in [1.165, 1.54) is 38.6 Å². The quantitative estimate of drug-likeness (QED) is 0.634. The highest BCUT2D eigenvalue weighted by atomic mass is 32.1. The van der Waals surface area contributed by atoms with Crippen LogP contribution in [0.1, 0.15) is 43.4 Å². The molecule has 2 fully saturated rings. The van der Waals surface area contributed by atoms with Crippen LogP contribution >= 0.6 is 11.3 Å². The number of fused-ring (bicyclic) bond motifs is 1. The zero-order valence-corrected chi connectivity index (χ0v) is 18.6. The summed E-state index contributed by atoms with van der Waals surface area (Å²) >= 11 is 1.09. The average molecular weight is 456 g/mol. The molecule has 2 aromatic heterocycles. The second kappa shape index (κ2) is 10.0. The van der Waals surface area contributed by atoms with Crippen LogP contribution in [0.4, 0.5) is 19.0 Å². The molecule has 1 saturated carbocycles. The summed E-state index contributed by atoms with van der Waals surface area (Å²) < 4.78 is 38.2. The molecule has 1 aliphatic carbocycles. The number of nitrogens with zero attached hydrogens (tertiary/aromatic N) is 3. The number of thiophene rings is 1. The molecular weight excluding hydrogens is 423 g/mol. The topological polar surface area (TPSA) is 67.1 Å². The number of piperidine rings is 1. The van der Waals surface area contributed by atoms with Gasteiger partial charge in [-0.2, -0.15) is 13.2 Å². The van der Waals surface area contributed by atoms with Crippen molar-refractivity contribution in [3.63, 3.8) is 0 Å². The van der Waals surface area contributed by atoms with E-state index in [4.69, 9.17) is 5.73 Å². The van der Waals surface area contributed by atoms with Crippen LogP contribution in [0.5, 0.6) is 0 Å². The molecular formula is C22H32F3N5S. The van der Waals surface area contributed by atoms with Gasteiger partial charge in [-0.15, -0.1) is 11.3 Å². The molecule has 0 unspecified atom stereocenters. The van der Waals surface area contributed by atoms with Crippen molar-refractivity contribution in [3.05, 3.63) is 17.3 Å². The van der Waals surface area contributed by atoms with Crippen LogP contribution in [0.25, 0.3) is 10.2 Å². The van der Waals surface area contributed by atoms with Crippen molar-refractivity contribution in [3.8, 4) is 0 Å². The lowest BCUT2D eigenvalue weighted by Crippen LogP contribution is -2.39. The second-order valence-corrected chi connectivity index (χ2v) is 10.3. The van der Waals surface area contributed by atoms with Gasteiger partial charge in [0.05, 0.1) is 11.8 Å². The Morgan fingerprint density at radius 2 is 1.74 bits per heavy atom. The van der Waals surface area contributed by atoms with E-state index in [0.717, 1.165) is 62.2 Å². The maximum absolute atomic E-state index is 12.7. The molecule has 0 bridgehead atoms. The van der Waals surface area contributed by atoms with Crippen LogP contribution in [-0.4, -0.2) is 53.8 Å². The summed E-state index contributed by atoms with van der Waals surface area (Å²) in [5.74, 6) is 2.75. The SMILES string of the molecule is NCC1CCC(CN2CCC(CNc3ncnc4sc(CC(F)(F)F)cc34)CC2)CC1. The lowest BCUT2D eigenvalue weighted by Gasteiger charge is -2.36. The molecule has 4 rings (SSSR count). The highest BCUT2D eigenvalue weighted by molar-refractivity contribution is 7.18. The molecule has 2 aliphatic rings. The molecule has 0 aromatic carbocycles. The Kier molecular flexibility index (Phi) is 7.33. The number of hydrogen-bond donors (Lipinski definition) is 2. The van der Waals surface area contributed by atoms with Crippen LogP contribution in [0.3, 0.4) is 0 Å². The second-order valence-electron chi connectivity index (χ2n) is 9.19. The fraction of sp³-hybridized carbons (Fsp3) is 0.727. The van der Waals surface area contributed by atoms with Gasteiger partial charge in [-0.3, -0.25) is 0 Å². The first-order valence-corrected chi connectivity index (χ1v) is 12.2. The van der Waals surface area contributed by atoms with Gasteiger partial charge >= 0.3 is 6.18 Å². The summed E-state index contributed by atoms with van der Waals surface area (Å²) in [6, 6.07) is 1.58. The van der Waals surface area contributed by atoms with E-state index in [9.17, 15) is 13.2 Å². The Balaban J connectivity index is 1.25. The van der Waals surface area contributed by atoms with Gasteiger partial charge < -0.3 is 16.0 Å². The van der Waals surface area contributed by atoms with Crippen molar-refractivity contribution in [1.29, 1.82) is 0 Å². The van der Waals surface area contributed by atoms with Crippen LogP contribution in [-0.2, 0) is 6.42 Å². The number of alkyl halides is 3. The number of halogens is 3. The van der Waals surface area contributed by atoms with Gasteiger partial charge in [0.2, 0.25) is 0 Å². The van der Waals surface area contributed by atoms with E-state index in [1.807, 2.05) is 0 Å². The van der Waals surface area contributed by atoms with Gasteiger partial charge in [0, 0.05) is 18.0 Å². The van der Waals surface area contributed by atoms with Gasteiger partial charge in [-0.25, -0.2) is 9.97 Å². The molecule has 31 heavy (non-hydrogen) atoms. The monoisotopic (exact) mass is 455 g/mol. The molecule has 9 heteroatoms. The molecule has 0 atom stereocenters. The minimum absolute atomic E-state index is 0.278. The number of nitrogens with one attached hydrogen (secondary N) is 1. The zero-order chi connectivity index (χ0) is 21.8. The first-order chi connectivity index (χ1) is 14.9. The highest BCUT2D eigenvalue weighted by Crippen LogP contribution is 2.33. The Morgan fingerprint density at radius 3 is 2.42 bits per heavy atom. The van der Waals surface area contributed by atoms with Crippen LogP contribution in [0, 0.1) is 17.8 Å². The molecule has 0 radical (unpaired) electrons. The minimum Gasteiger partial charge on any atom is -0.369 e. The number of hydrogen-bond acceptors (Lipinski definition) is 6. The van der Waals surface area contributed by atoms with E-state index in [1.54, 1.807) is 6.07 Å². The first-order valence-electron chi connectivity index (χ1n) is 11.4. The fourth-order valence-electron chi connectivity index (χ4n) is 4.96. The standard InChI is InChI=1S/C22H32F3N5S/c23-22(24,25)10-18-9-19-20(28-14-29-21(19)31-18)27-12-16-5-7-30(8-6-16)13-17-3-1-15(11-26)2-4-17/h9,14-17H,1-8,10-13,26H2,(H,27,28,29). The van der Waals surface area contributed by atoms with Crippen molar-refractivity contribution in [1.82, 2.24) is 14.9 Å². The molecule has 1 saturated heterocycles. The van der Waals surface area contributed by atoms with Crippen molar-refractivity contribution in [2.75, 3.05) is 38.0 Å². The maximum Gasteiger partial charge on any atom is 0.393 e. The van der Waals surface area contributed by atoms with Crippen molar-refractivity contribution in [2.45, 2.75) is 51.1 Å². The Hall–Kier alpha value is -1.45. The number of anilines is 1. The van der Waals surface area contributed by atoms with Crippen molar-refractivity contribution < 1.29 is 13.2 Å².